The molecule has 0 saturated carbocycles. The van der Waals surface area contributed by atoms with Crippen LogP contribution in [-0.2, 0) is 6.54 Å². The first-order valence-corrected chi connectivity index (χ1v) is 10.0. The fourth-order valence-corrected chi connectivity index (χ4v) is 4.85. The number of ether oxygens (including phenoxy) is 2. The van der Waals surface area contributed by atoms with Crippen LogP contribution in [0.3, 0.4) is 0 Å². The molecule has 1 aromatic carbocycles. The minimum absolute atomic E-state index is 0.485. The molecule has 2 aromatic rings. The van der Waals surface area contributed by atoms with E-state index in [1.165, 1.54) is 11.5 Å². The number of hydrogen-bond acceptors (Lipinski definition) is 8. The van der Waals surface area contributed by atoms with Crippen LogP contribution < -0.4 is 14.8 Å². The smallest absolute Gasteiger partial charge is 0.240 e. The van der Waals surface area contributed by atoms with Gasteiger partial charge >= 0.3 is 0 Å². The number of nitrogens with one attached hydrogen (secondary N) is 1. The van der Waals surface area contributed by atoms with Crippen molar-refractivity contribution in [2.24, 2.45) is 0 Å². The highest BCUT2D eigenvalue weighted by Gasteiger charge is 2.15. The summed E-state index contributed by atoms with van der Waals surface area (Å²) in [5, 5.41) is 7.57. The van der Waals surface area contributed by atoms with Gasteiger partial charge in [0.15, 0.2) is 11.5 Å². The van der Waals surface area contributed by atoms with Crippen molar-refractivity contribution in [3.63, 3.8) is 0 Å². The quantitative estimate of drug-likeness (QED) is 0.836. The molecule has 1 N–H and O–H groups in total. The zero-order chi connectivity index (χ0) is 16.8. The summed E-state index contributed by atoms with van der Waals surface area (Å²) < 4.78 is 15.9. The van der Waals surface area contributed by atoms with Gasteiger partial charge in [-0.05, 0) is 18.2 Å². The van der Waals surface area contributed by atoms with Gasteiger partial charge in [-0.25, -0.2) is 0 Å². The number of thioether (sulfide) groups is 2. The van der Waals surface area contributed by atoms with Crippen molar-refractivity contribution in [2.75, 3.05) is 37.2 Å². The van der Waals surface area contributed by atoms with E-state index in [9.17, 15) is 0 Å². The third-order valence-electron chi connectivity index (χ3n) is 3.66. The lowest BCUT2D eigenvalue weighted by Gasteiger charge is -2.13. The number of methoxy groups -OCH3 is 2. The average Bonchev–Trinajstić information content (AvgIpc) is 2.94. The lowest BCUT2D eigenvalue weighted by molar-refractivity contribution is 0.355. The van der Waals surface area contributed by atoms with Crippen LogP contribution in [0.15, 0.2) is 22.7 Å². The Bertz CT molecular complexity index is 658. The molecule has 1 aliphatic heterocycles. The van der Waals surface area contributed by atoms with Crippen molar-refractivity contribution in [2.45, 2.75) is 12.6 Å². The molecule has 0 radical (unpaired) electrons. The number of benzene rings is 1. The lowest BCUT2D eigenvalue weighted by atomic mass is 10.2. The molecule has 0 aliphatic carbocycles. The predicted molar refractivity (Wildman–Crippen MR) is 98.1 cm³/mol. The topological polar surface area (TPSA) is 69.4 Å². The summed E-state index contributed by atoms with van der Waals surface area (Å²) in [6.45, 7) is 0.589. The van der Waals surface area contributed by atoms with Crippen LogP contribution in [0.4, 0.5) is 0 Å². The molecule has 130 valence electrons. The maximum Gasteiger partial charge on any atom is 0.240 e. The SMILES string of the molecule is COc1ccc(-c2noc(CNC3CSCCSC3)n2)cc1OC. The van der Waals surface area contributed by atoms with E-state index in [1.807, 2.05) is 41.7 Å². The second-order valence-electron chi connectivity index (χ2n) is 5.31. The van der Waals surface area contributed by atoms with Gasteiger partial charge in [0.1, 0.15) is 0 Å². The maximum atomic E-state index is 5.36. The van der Waals surface area contributed by atoms with Crippen LogP contribution in [0.1, 0.15) is 5.89 Å². The Morgan fingerprint density at radius 1 is 1.17 bits per heavy atom. The molecule has 1 aliphatic rings. The molecule has 24 heavy (non-hydrogen) atoms. The summed E-state index contributed by atoms with van der Waals surface area (Å²) in [5.74, 6) is 7.19. The van der Waals surface area contributed by atoms with Crippen molar-refractivity contribution in [1.82, 2.24) is 15.5 Å². The Morgan fingerprint density at radius 2 is 1.92 bits per heavy atom. The van der Waals surface area contributed by atoms with Crippen molar-refractivity contribution < 1.29 is 14.0 Å². The van der Waals surface area contributed by atoms with Crippen LogP contribution in [0.25, 0.3) is 11.4 Å². The zero-order valence-electron chi connectivity index (χ0n) is 13.8. The first kappa shape index (κ1) is 17.4. The van der Waals surface area contributed by atoms with E-state index >= 15 is 0 Å². The number of hydrogen-bond donors (Lipinski definition) is 1. The summed E-state index contributed by atoms with van der Waals surface area (Å²) >= 11 is 3.99. The highest BCUT2D eigenvalue weighted by molar-refractivity contribution is 8.03. The molecule has 8 heteroatoms. The van der Waals surface area contributed by atoms with Crippen LogP contribution in [0, 0.1) is 0 Å². The lowest BCUT2D eigenvalue weighted by Crippen LogP contribution is -2.32. The summed E-state index contributed by atoms with van der Waals surface area (Å²) in [7, 11) is 3.22. The van der Waals surface area contributed by atoms with Crippen LogP contribution in [0.2, 0.25) is 0 Å². The molecule has 0 atom stereocenters. The van der Waals surface area contributed by atoms with Crippen molar-refractivity contribution in [3.8, 4) is 22.9 Å². The van der Waals surface area contributed by atoms with Gasteiger partial charge in [-0.15, -0.1) is 0 Å². The number of aromatic nitrogens is 2. The van der Waals surface area contributed by atoms with Crippen LogP contribution >= 0.6 is 23.5 Å². The second-order valence-corrected chi connectivity index (χ2v) is 7.61. The van der Waals surface area contributed by atoms with Gasteiger partial charge in [-0.2, -0.15) is 28.5 Å². The van der Waals surface area contributed by atoms with Gasteiger partial charge in [-0.1, -0.05) is 5.16 Å². The van der Waals surface area contributed by atoms with Crippen molar-refractivity contribution >= 4 is 23.5 Å². The van der Waals surface area contributed by atoms with Gasteiger partial charge < -0.3 is 19.3 Å². The fraction of sp³-hybridized carbons (Fsp3) is 0.500. The predicted octanol–water partition coefficient (Wildman–Crippen LogP) is 2.69. The molecule has 0 amide bonds. The number of rotatable bonds is 6. The minimum atomic E-state index is 0.485. The molecule has 6 nitrogen and oxygen atoms in total. The Morgan fingerprint density at radius 3 is 2.62 bits per heavy atom. The van der Waals surface area contributed by atoms with Gasteiger partial charge in [0, 0.05) is 34.6 Å². The highest BCUT2D eigenvalue weighted by atomic mass is 32.2. The van der Waals surface area contributed by atoms with Crippen molar-refractivity contribution in [1.29, 1.82) is 0 Å². The van der Waals surface area contributed by atoms with Crippen LogP contribution in [-0.4, -0.2) is 53.4 Å². The van der Waals surface area contributed by atoms with E-state index in [0.717, 1.165) is 17.1 Å². The largest absolute Gasteiger partial charge is 0.493 e. The summed E-state index contributed by atoms with van der Waals surface area (Å²) in [5.41, 5.74) is 0.836. The minimum Gasteiger partial charge on any atom is -0.493 e. The average molecular weight is 367 g/mol. The molecular formula is C16H21N3O3S2. The highest BCUT2D eigenvalue weighted by Crippen LogP contribution is 2.31. The normalized spacial score (nSPS) is 15.9. The number of nitrogens with zero attached hydrogens (tertiary/aromatic N) is 2. The van der Waals surface area contributed by atoms with E-state index in [-0.39, 0.29) is 0 Å². The van der Waals surface area contributed by atoms with E-state index in [0.29, 0.717) is 35.8 Å². The van der Waals surface area contributed by atoms with Gasteiger partial charge in [-0.3, -0.25) is 0 Å². The molecule has 1 saturated heterocycles. The van der Waals surface area contributed by atoms with Gasteiger partial charge in [0.25, 0.3) is 0 Å². The fourth-order valence-electron chi connectivity index (χ4n) is 2.39. The first-order chi connectivity index (χ1) is 11.8. The third-order valence-corrected chi connectivity index (χ3v) is 6.18. The Kier molecular flexibility index (Phi) is 6.28. The molecule has 1 aromatic heterocycles. The van der Waals surface area contributed by atoms with E-state index in [2.05, 4.69) is 15.5 Å². The Balaban J connectivity index is 1.64. The van der Waals surface area contributed by atoms with E-state index in [4.69, 9.17) is 14.0 Å². The summed E-state index contributed by atoms with van der Waals surface area (Å²) in [6, 6.07) is 6.06. The maximum absolute atomic E-state index is 5.36. The molecule has 0 bridgehead atoms. The molecule has 2 heterocycles. The van der Waals surface area contributed by atoms with E-state index < -0.39 is 0 Å². The third kappa shape index (κ3) is 4.37. The standard InChI is InChI=1S/C16H21N3O3S2/c1-20-13-4-3-11(7-14(13)21-2)16-18-15(22-19-16)8-17-12-9-23-5-6-24-10-12/h3-4,7,12,17H,5-6,8-10H2,1-2H3. The summed E-state index contributed by atoms with van der Waals surface area (Å²) in [6.07, 6.45) is 0. The van der Waals surface area contributed by atoms with Gasteiger partial charge in [0.2, 0.25) is 11.7 Å². The zero-order valence-corrected chi connectivity index (χ0v) is 15.4. The Hall–Kier alpha value is -1.38. The van der Waals surface area contributed by atoms with Crippen LogP contribution in [0.5, 0.6) is 11.5 Å². The molecular weight excluding hydrogens is 346 g/mol. The molecule has 0 unspecified atom stereocenters. The second kappa shape index (κ2) is 8.64. The monoisotopic (exact) mass is 367 g/mol. The van der Waals surface area contributed by atoms with Crippen molar-refractivity contribution in [3.05, 3.63) is 24.1 Å². The van der Waals surface area contributed by atoms with Gasteiger partial charge in [0.05, 0.1) is 20.8 Å². The molecule has 0 spiro atoms. The van der Waals surface area contributed by atoms with E-state index in [1.54, 1.807) is 14.2 Å². The Labute approximate surface area is 150 Å². The summed E-state index contributed by atoms with van der Waals surface area (Å²) in [4.78, 5) is 4.47. The molecule has 1 fully saturated rings. The molecule has 3 rings (SSSR count). The first-order valence-electron chi connectivity index (χ1n) is 7.74.